The normalized spacial score (nSPS) is 28.7. The molecule has 0 bridgehead atoms. The number of anilines is 1. The monoisotopic (exact) mass is 261 g/mol. The summed E-state index contributed by atoms with van der Waals surface area (Å²) in [5.74, 6) is 2.00. The van der Waals surface area contributed by atoms with Crippen LogP contribution < -0.4 is 5.32 Å². The summed E-state index contributed by atoms with van der Waals surface area (Å²) in [6.07, 6.45) is 13.0. The molecule has 0 aromatic carbocycles. The Hall–Kier alpha value is -0.990. The molecule has 0 spiro atoms. The first-order valence-electron chi connectivity index (χ1n) is 8.04. The van der Waals surface area contributed by atoms with Gasteiger partial charge in [-0.15, -0.1) is 0 Å². The number of aryl methyl sites for hydroxylation is 1. The maximum absolute atomic E-state index is 4.73. The molecule has 2 aliphatic rings. The third-order valence-electron chi connectivity index (χ3n) is 4.85. The number of hydrogen-bond acceptors (Lipinski definition) is 2. The molecule has 1 aromatic heterocycles. The Morgan fingerprint density at radius 2 is 1.95 bits per heavy atom. The lowest BCUT2D eigenvalue weighted by molar-refractivity contribution is 0.451. The minimum atomic E-state index is 0.646. The minimum Gasteiger partial charge on any atom is -0.353 e. The first kappa shape index (κ1) is 13.0. The van der Waals surface area contributed by atoms with Crippen LogP contribution in [0.4, 0.5) is 5.95 Å². The lowest BCUT2D eigenvalue weighted by atomic mass is 9.96. The Balaban J connectivity index is 1.73. The van der Waals surface area contributed by atoms with Gasteiger partial charge in [0.15, 0.2) is 0 Å². The van der Waals surface area contributed by atoms with Gasteiger partial charge in [-0.05, 0) is 44.9 Å². The fraction of sp³-hybridized carbons (Fsp3) is 0.812. The number of aromatic nitrogens is 2. The predicted octanol–water partition coefficient (Wildman–Crippen LogP) is 4.30. The Morgan fingerprint density at radius 1 is 1.16 bits per heavy atom. The van der Waals surface area contributed by atoms with E-state index in [2.05, 4.69) is 29.9 Å². The van der Waals surface area contributed by atoms with Crippen LogP contribution in [0.5, 0.6) is 0 Å². The van der Waals surface area contributed by atoms with Gasteiger partial charge in [0.05, 0.1) is 5.69 Å². The van der Waals surface area contributed by atoms with E-state index in [1.165, 1.54) is 51.4 Å². The molecule has 1 heterocycles. The highest BCUT2D eigenvalue weighted by molar-refractivity contribution is 5.31. The van der Waals surface area contributed by atoms with Gasteiger partial charge >= 0.3 is 0 Å². The van der Waals surface area contributed by atoms with E-state index >= 15 is 0 Å². The first-order chi connectivity index (χ1) is 9.22. The van der Waals surface area contributed by atoms with Gasteiger partial charge in [-0.1, -0.05) is 26.2 Å². The van der Waals surface area contributed by atoms with Crippen LogP contribution in [0.2, 0.25) is 0 Å². The van der Waals surface area contributed by atoms with Gasteiger partial charge in [0, 0.05) is 18.3 Å². The van der Waals surface area contributed by atoms with Crippen molar-refractivity contribution in [3.8, 4) is 0 Å². The van der Waals surface area contributed by atoms with E-state index < -0.39 is 0 Å². The van der Waals surface area contributed by atoms with Crippen LogP contribution in [0.1, 0.15) is 70.0 Å². The predicted molar refractivity (Wildman–Crippen MR) is 79.5 cm³/mol. The highest BCUT2D eigenvalue weighted by Gasteiger charge is 2.25. The van der Waals surface area contributed by atoms with Crippen molar-refractivity contribution >= 4 is 5.95 Å². The number of imidazole rings is 1. The van der Waals surface area contributed by atoms with Gasteiger partial charge < -0.3 is 9.88 Å². The standard InChI is InChI=1S/C16H27N3/c1-12-8-9-15(10-12)19-11-13(2)17-16(19)18-14-6-4-3-5-7-14/h11-12,14-15H,3-10H2,1-2H3,(H,17,18). The Bertz CT molecular complexity index is 418. The van der Waals surface area contributed by atoms with Gasteiger partial charge in [-0.2, -0.15) is 0 Å². The average molecular weight is 261 g/mol. The second-order valence-corrected chi connectivity index (χ2v) is 6.66. The highest BCUT2D eigenvalue weighted by Crippen LogP contribution is 2.36. The number of nitrogens with one attached hydrogen (secondary N) is 1. The molecule has 2 saturated carbocycles. The summed E-state index contributed by atoms with van der Waals surface area (Å²) >= 11 is 0. The Kier molecular flexibility index (Phi) is 3.81. The van der Waals surface area contributed by atoms with E-state index in [-0.39, 0.29) is 0 Å². The Morgan fingerprint density at radius 3 is 2.63 bits per heavy atom. The van der Waals surface area contributed by atoms with Crippen molar-refractivity contribution in [2.75, 3.05) is 5.32 Å². The molecule has 0 radical (unpaired) electrons. The van der Waals surface area contributed by atoms with Crippen molar-refractivity contribution in [2.24, 2.45) is 5.92 Å². The lowest BCUT2D eigenvalue weighted by Gasteiger charge is -2.25. The smallest absolute Gasteiger partial charge is 0.203 e. The lowest BCUT2D eigenvalue weighted by Crippen LogP contribution is -2.25. The summed E-state index contributed by atoms with van der Waals surface area (Å²) < 4.78 is 2.42. The van der Waals surface area contributed by atoms with E-state index in [4.69, 9.17) is 4.98 Å². The second-order valence-electron chi connectivity index (χ2n) is 6.66. The summed E-state index contributed by atoms with van der Waals surface area (Å²) in [5, 5.41) is 3.71. The maximum Gasteiger partial charge on any atom is 0.203 e. The van der Waals surface area contributed by atoms with Crippen LogP contribution >= 0.6 is 0 Å². The topological polar surface area (TPSA) is 29.9 Å². The highest BCUT2D eigenvalue weighted by atomic mass is 15.2. The molecule has 0 aliphatic heterocycles. The summed E-state index contributed by atoms with van der Waals surface area (Å²) in [6, 6.07) is 1.32. The quantitative estimate of drug-likeness (QED) is 0.879. The van der Waals surface area contributed by atoms with Crippen molar-refractivity contribution in [1.29, 1.82) is 0 Å². The molecule has 1 aromatic rings. The van der Waals surface area contributed by atoms with Crippen molar-refractivity contribution in [2.45, 2.75) is 77.3 Å². The largest absolute Gasteiger partial charge is 0.353 e. The van der Waals surface area contributed by atoms with Crippen molar-refractivity contribution in [3.63, 3.8) is 0 Å². The number of hydrogen-bond donors (Lipinski definition) is 1. The van der Waals surface area contributed by atoms with Crippen molar-refractivity contribution < 1.29 is 0 Å². The second kappa shape index (κ2) is 5.56. The van der Waals surface area contributed by atoms with Crippen molar-refractivity contribution in [1.82, 2.24) is 9.55 Å². The van der Waals surface area contributed by atoms with Crippen LogP contribution in [0, 0.1) is 12.8 Å². The summed E-state index contributed by atoms with van der Waals surface area (Å²) in [6.45, 7) is 4.49. The zero-order valence-electron chi connectivity index (χ0n) is 12.4. The third kappa shape index (κ3) is 2.96. The van der Waals surface area contributed by atoms with Crippen LogP contribution in [0.3, 0.4) is 0 Å². The fourth-order valence-electron chi connectivity index (χ4n) is 3.76. The maximum atomic E-state index is 4.73. The zero-order valence-corrected chi connectivity index (χ0v) is 12.4. The Labute approximate surface area is 116 Å². The van der Waals surface area contributed by atoms with Gasteiger partial charge in [-0.25, -0.2) is 4.98 Å². The molecule has 1 N–H and O–H groups in total. The molecule has 106 valence electrons. The van der Waals surface area contributed by atoms with Crippen LogP contribution in [0.25, 0.3) is 0 Å². The molecule has 2 aliphatic carbocycles. The van der Waals surface area contributed by atoms with Crippen LogP contribution in [-0.4, -0.2) is 15.6 Å². The van der Waals surface area contributed by atoms with E-state index in [0.29, 0.717) is 12.1 Å². The zero-order chi connectivity index (χ0) is 13.2. The van der Waals surface area contributed by atoms with Crippen molar-refractivity contribution in [3.05, 3.63) is 11.9 Å². The summed E-state index contributed by atoms with van der Waals surface area (Å²) in [5.41, 5.74) is 1.15. The van der Waals surface area contributed by atoms with E-state index in [1.807, 2.05) is 0 Å². The number of rotatable bonds is 3. The summed E-state index contributed by atoms with van der Waals surface area (Å²) in [7, 11) is 0. The molecule has 19 heavy (non-hydrogen) atoms. The van der Waals surface area contributed by atoms with Gasteiger partial charge in [-0.3, -0.25) is 0 Å². The molecule has 2 unspecified atom stereocenters. The van der Waals surface area contributed by atoms with E-state index in [0.717, 1.165) is 17.6 Å². The van der Waals surface area contributed by atoms with Gasteiger partial charge in [0.2, 0.25) is 5.95 Å². The molecule has 0 amide bonds. The molecule has 3 rings (SSSR count). The molecule has 0 saturated heterocycles. The van der Waals surface area contributed by atoms with Gasteiger partial charge in [0.1, 0.15) is 0 Å². The van der Waals surface area contributed by atoms with Crippen LogP contribution in [-0.2, 0) is 0 Å². The minimum absolute atomic E-state index is 0.646. The first-order valence-corrected chi connectivity index (χ1v) is 8.04. The number of nitrogens with zero attached hydrogens (tertiary/aromatic N) is 2. The third-order valence-corrected chi connectivity index (χ3v) is 4.85. The van der Waals surface area contributed by atoms with E-state index in [9.17, 15) is 0 Å². The van der Waals surface area contributed by atoms with E-state index in [1.54, 1.807) is 0 Å². The molecule has 3 nitrogen and oxygen atoms in total. The molecular weight excluding hydrogens is 234 g/mol. The fourth-order valence-corrected chi connectivity index (χ4v) is 3.76. The SMILES string of the molecule is Cc1cn(C2CCC(C)C2)c(NC2CCCCC2)n1. The van der Waals surface area contributed by atoms with Gasteiger partial charge in [0.25, 0.3) is 0 Å². The average Bonchev–Trinajstić information content (AvgIpc) is 2.97. The molecular formula is C16H27N3. The van der Waals surface area contributed by atoms with Crippen LogP contribution in [0.15, 0.2) is 6.20 Å². The molecule has 2 atom stereocenters. The molecule has 2 fully saturated rings. The molecule has 3 heteroatoms. The summed E-state index contributed by atoms with van der Waals surface area (Å²) in [4.78, 5) is 4.73.